The molecule has 2 aliphatic heterocycles. The minimum atomic E-state index is -0.670. The van der Waals surface area contributed by atoms with E-state index in [2.05, 4.69) is 11.8 Å². The minimum Gasteiger partial charge on any atom is -0.493 e. The molecule has 0 spiro atoms. The zero-order chi connectivity index (χ0) is 21.6. The topological polar surface area (TPSA) is 54.4 Å². The van der Waals surface area contributed by atoms with E-state index in [0.29, 0.717) is 28.8 Å². The van der Waals surface area contributed by atoms with Gasteiger partial charge in [-0.25, -0.2) is 5.01 Å². The van der Waals surface area contributed by atoms with Crippen LogP contribution in [0.25, 0.3) is 0 Å². The minimum absolute atomic E-state index is 0.0522. The average molecular weight is 434 g/mol. The molecule has 0 aliphatic carbocycles. The number of fused-ring (bicyclic) bond motifs is 3. The first-order valence-corrected chi connectivity index (χ1v) is 11.0. The largest absolute Gasteiger partial charge is 0.493 e. The van der Waals surface area contributed by atoms with Gasteiger partial charge in [0.2, 0.25) is 11.6 Å². The van der Waals surface area contributed by atoms with Crippen molar-refractivity contribution in [2.45, 2.75) is 19.0 Å². The van der Waals surface area contributed by atoms with E-state index in [1.165, 1.54) is 11.3 Å². The van der Waals surface area contributed by atoms with E-state index >= 15 is 0 Å². The Bertz CT molecular complexity index is 1160. The van der Waals surface area contributed by atoms with E-state index in [1.54, 1.807) is 14.2 Å². The second-order valence-corrected chi connectivity index (χ2v) is 8.61. The number of methoxy groups -OCH3 is 2. The van der Waals surface area contributed by atoms with Crippen LogP contribution in [0.5, 0.6) is 11.5 Å². The predicted octanol–water partition coefficient (Wildman–Crippen LogP) is 4.51. The number of carbonyl (C=O) groups excluding carboxylic acids is 1. The molecule has 6 nitrogen and oxygen atoms in total. The summed E-state index contributed by atoms with van der Waals surface area (Å²) in [6, 6.07) is 17.8. The number of carbonyl (C=O) groups is 1. The van der Waals surface area contributed by atoms with Gasteiger partial charge in [-0.1, -0.05) is 24.3 Å². The summed E-state index contributed by atoms with van der Waals surface area (Å²) in [6.45, 7) is 2.79. The summed E-state index contributed by atoms with van der Waals surface area (Å²) in [7, 11) is 3.28. The molecular weight excluding hydrogens is 410 g/mol. The molecular formula is C24H23N3O3S. The first-order valence-electron chi connectivity index (χ1n) is 10.1. The number of ether oxygens (including phenoxy) is 2. The van der Waals surface area contributed by atoms with Gasteiger partial charge in [0, 0.05) is 12.1 Å². The van der Waals surface area contributed by atoms with Crippen molar-refractivity contribution in [3.63, 3.8) is 0 Å². The highest BCUT2D eigenvalue weighted by atomic mass is 32.1. The summed E-state index contributed by atoms with van der Waals surface area (Å²) >= 11 is 1.44. The Morgan fingerprint density at radius 3 is 2.48 bits per heavy atom. The molecule has 31 heavy (non-hydrogen) atoms. The fraction of sp³-hybridized carbons (Fsp3) is 0.250. The van der Waals surface area contributed by atoms with E-state index in [9.17, 15) is 4.79 Å². The molecule has 2 aliphatic rings. The normalized spacial score (nSPS) is 19.5. The lowest BCUT2D eigenvalue weighted by atomic mass is 9.87. The molecule has 0 saturated carbocycles. The van der Waals surface area contributed by atoms with Gasteiger partial charge in [0.25, 0.3) is 0 Å². The van der Waals surface area contributed by atoms with Gasteiger partial charge in [-0.3, -0.25) is 4.79 Å². The Morgan fingerprint density at radius 2 is 1.81 bits per heavy atom. The zero-order valence-corrected chi connectivity index (χ0v) is 18.5. The maximum atomic E-state index is 13.4. The molecule has 0 saturated heterocycles. The van der Waals surface area contributed by atoms with Gasteiger partial charge in [-0.05, 0) is 54.6 Å². The number of thiophene rings is 1. The van der Waals surface area contributed by atoms with Gasteiger partial charge in [0.1, 0.15) is 0 Å². The van der Waals surface area contributed by atoms with Crippen molar-refractivity contribution in [1.82, 2.24) is 4.90 Å². The Hall–Kier alpha value is -3.32. The number of hydrogen-bond donors (Lipinski definition) is 0. The number of anilines is 1. The van der Waals surface area contributed by atoms with Crippen molar-refractivity contribution >= 4 is 28.6 Å². The van der Waals surface area contributed by atoms with E-state index in [0.717, 1.165) is 23.2 Å². The molecule has 1 atom stereocenters. The van der Waals surface area contributed by atoms with Crippen LogP contribution in [-0.4, -0.2) is 37.3 Å². The van der Waals surface area contributed by atoms with Crippen molar-refractivity contribution in [2.75, 3.05) is 25.8 Å². The van der Waals surface area contributed by atoms with E-state index in [4.69, 9.17) is 14.6 Å². The van der Waals surface area contributed by atoms with E-state index in [1.807, 2.05) is 65.0 Å². The lowest BCUT2D eigenvalue weighted by molar-refractivity contribution is 0.103. The second kappa shape index (κ2) is 7.42. The number of ketones is 1. The highest BCUT2D eigenvalue weighted by molar-refractivity contribution is 7.13. The molecule has 3 heterocycles. The fourth-order valence-corrected chi connectivity index (χ4v) is 5.17. The lowest BCUT2D eigenvalue weighted by Crippen LogP contribution is -2.55. The van der Waals surface area contributed by atoms with Crippen LogP contribution in [0, 0.1) is 0 Å². The molecule has 0 bridgehead atoms. The van der Waals surface area contributed by atoms with Crippen molar-refractivity contribution in [1.29, 1.82) is 0 Å². The predicted molar refractivity (Wildman–Crippen MR) is 122 cm³/mol. The van der Waals surface area contributed by atoms with Crippen LogP contribution in [-0.2, 0) is 12.1 Å². The second-order valence-electron chi connectivity index (χ2n) is 7.66. The molecule has 0 fully saturated rings. The van der Waals surface area contributed by atoms with Gasteiger partial charge in [0.15, 0.2) is 17.2 Å². The third-order valence-corrected chi connectivity index (χ3v) is 6.93. The van der Waals surface area contributed by atoms with Crippen molar-refractivity contribution in [3.05, 3.63) is 76.0 Å². The van der Waals surface area contributed by atoms with Crippen LogP contribution >= 0.6 is 11.3 Å². The highest BCUT2D eigenvalue weighted by Crippen LogP contribution is 2.48. The van der Waals surface area contributed by atoms with Crippen molar-refractivity contribution in [3.8, 4) is 11.5 Å². The summed E-state index contributed by atoms with van der Waals surface area (Å²) in [6.07, 6.45) is 0.782. The number of hydrogen-bond acceptors (Lipinski definition) is 7. The molecule has 5 rings (SSSR count). The lowest BCUT2D eigenvalue weighted by Gasteiger charge is -2.46. The zero-order valence-electron chi connectivity index (χ0n) is 17.7. The molecule has 0 radical (unpaired) electrons. The first-order chi connectivity index (χ1) is 15.1. The summed E-state index contributed by atoms with van der Waals surface area (Å²) in [4.78, 5) is 16.2. The van der Waals surface area contributed by atoms with Crippen LogP contribution in [0.3, 0.4) is 0 Å². The van der Waals surface area contributed by atoms with Gasteiger partial charge in [0.05, 0.1) is 24.8 Å². The van der Waals surface area contributed by atoms with Gasteiger partial charge in [-0.2, -0.15) is 0 Å². The average Bonchev–Trinajstić information content (AvgIpc) is 3.45. The standard InChI is InChI=1S/C24H23N3O3S/c1-24-18-15-20(30-3)19(29-2)14-16(18)11-12-26(24)23(22(28)21-10-7-13-31-21)25-27(24)17-8-5-4-6-9-17/h4-10,13-15H,11-12H2,1-3H3. The summed E-state index contributed by atoms with van der Waals surface area (Å²) in [5.41, 5.74) is 2.47. The van der Waals surface area contributed by atoms with Crippen molar-refractivity contribution < 1.29 is 14.3 Å². The van der Waals surface area contributed by atoms with Crippen LogP contribution in [0.4, 0.5) is 5.69 Å². The number of benzene rings is 2. The maximum Gasteiger partial charge on any atom is 0.239 e. The maximum absolute atomic E-state index is 13.4. The Balaban J connectivity index is 1.70. The number of nitrogens with zero attached hydrogens (tertiary/aromatic N) is 3. The first kappa shape index (κ1) is 19.6. The van der Waals surface area contributed by atoms with Gasteiger partial charge in [-0.15, -0.1) is 16.4 Å². The Morgan fingerprint density at radius 1 is 1.06 bits per heavy atom. The number of hydrazone groups is 1. The molecule has 158 valence electrons. The Labute approximate surface area is 185 Å². The van der Waals surface area contributed by atoms with Crippen LogP contribution in [0.2, 0.25) is 0 Å². The quantitative estimate of drug-likeness (QED) is 0.554. The third kappa shape index (κ3) is 2.91. The Kier molecular flexibility index (Phi) is 4.70. The highest BCUT2D eigenvalue weighted by Gasteiger charge is 2.52. The molecule has 2 aromatic carbocycles. The van der Waals surface area contributed by atoms with Crippen molar-refractivity contribution in [2.24, 2.45) is 5.10 Å². The third-order valence-electron chi connectivity index (χ3n) is 6.06. The number of amidine groups is 1. The number of Topliss-reactive ketones (excluding diaryl/α,β-unsaturated/α-hetero) is 1. The fourth-order valence-electron chi connectivity index (χ4n) is 4.52. The van der Waals surface area contributed by atoms with E-state index < -0.39 is 5.66 Å². The van der Waals surface area contributed by atoms with Crippen LogP contribution in [0.1, 0.15) is 27.7 Å². The summed E-state index contributed by atoms with van der Waals surface area (Å²) in [5.74, 6) is 1.78. The SMILES string of the molecule is COc1cc2c(cc1OC)C1(C)N(CC2)C(C(=O)c2cccs2)=NN1c1ccccc1. The molecule has 1 aromatic heterocycles. The smallest absolute Gasteiger partial charge is 0.239 e. The molecule has 0 amide bonds. The van der Waals surface area contributed by atoms with Gasteiger partial charge < -0.3 is 14.4 Å². The monoisotopic (exact) mass is 433 g/mol. The van der Waals surface area contributed by atoms with Crippen LogP contribution in [0.15, 0.2) is 65.1 Å². The molecule has 0 N–H and O–H groups in total. The number of rotatable bonds is 5. The molecule has 3 aromatic rings. The van der Waals surface area contributed by atoms with E-state index in [-0.39, 0.29) is 5.78 Å². The molecule has 1 unspecified atom stereocenters. The summed E-state index contributed by atoms with van der Waals surface area (Å²) < 4.78 is 11.1. The van der Waals surface area contributed by atoms with Crippen LogP contribution < -0.4 is 14.5 Å². The molecule has 7 heteroatoms. The number of para-hydroxylation sites is 1. The summed E-state index contributed by atoms with van der Waals surface area (Å²) in [5, 5.41) is 8.76. The van der Waals surface area contributed by atoms with Gasteiger partial charge >= 0.3 is 0 Å².